The van der Waals surface area contributed by atoms with Crippen LogP contribution in [0.25, 0.3) is 0 Å². The lowest BCUT2D eigenvalue weighted by Gasteiger charge is -2.14. The monoisotopic (exact) mass is 457 g/mol. The summed E-state index contributed by atoms with van der Waals surface area (Å²) in [6.07, 6.45) is 0. The van der Waals surface area contributed by atoms with E-state index in [2.05, 4.69) is 32.6 Å². The normalized spacial score (nSPS) is 11.0. The van der Waals surface area contributed by atoms with Crippen LogP contribution in [0.1, 0.15) is 22.6 Å². The van der Waals surface area contributed by atoms with Gasteiger partial charge < -0.3 is 15.5 Å². The van der Waals surface area contributed by atoms with E-state index in [9.17, 15) is 0 Å². The number of aryl methyl sites for hydroxylation is 2. The quantitative estimate of drug-likeness (QED) is 0.408. The first kappa shape index (κ1) is 21.2. The molecule has 0 saturated heterocycles. The molecule has 138 valence electrons. The topological polar surface area (TPSA) is 70.4 Å². The summed E-state index contributed by atoms with van der Waals surface area (Å²) < 4.78 is 1.90. The van der Waals surface area contributed by atoms with E-state index in [-0.39, 0.29) is 24.0 Å². The summed E-state index contributed by atoms with van der Waals surface area (Å²) in [5, 5.41) is 11.1. The molecule has 0 aromatic carbocycles. The third kappa shape index (κ3) is 5.58. The van der Waals surface area contributed by atoms with Crippen LogP contribution in [0.4, 0.5) is 5.82 Å². The summed E-state index contributed by atoms with van der Waals surface area (Å²) in [6.45, 7) is 5.41. The van der Waals surface area contributed by atoms with E-state index in [0.717, 1.165) is 28.9 Å². The summed E-state index contributed by atoms with van der Waals surface area (Å²) in [7, 11) is 7.70. The fourth-order valence-corrected chi connectivity index (χ4v) is 2.45. The molecule has 7 nitrogen and oxygen atoms in total. The molecule has 2 aromatic heterocycles. The van der Waals surface area contributed by atoms with Crippen LogP contribution in [-0.2, 0) is 20.1 Å². The Morgan fingerprint density at radius 3 is 2.44 bits per heavy atom. The fraction of sp³-hybridized carbons (Fsp3) is 0.471. The van der Waals surface area contributed by atoms with Gasteiger partial charge in [-0.1, -0.05) is 6.07 Å². The van der Waals surface area contributed by atoms with Gasteiger partial charge in [0.15, 0.2) is 5.96 Å². The van der Waals surface area contributed by atoms with Gasteiger partial charge in [0.1, 0.15) is 5.82 Å². The van der Waals surface area contributed by atoms with Gasteiger partial charge in [0.05, 0.1) is 17.9 Å². The minimum atomic E-state index is 0. The van der Waals surface area contributed by atoms with Gasteiger partial charge in [-0.25, -0.2) is 4.98 Å². The van der Waals surface area contributed by atoms with Crippen molar-refractivity contribution in [1.29, 1.82) is 0 Å². The lowest BCUT2D eigenvalue weighted by Crippen LogP contribution is -2.36. The van der Waals surface area contributed by atoms with E-state index in [1.807, 2.05) is 55.8 Å². The Morgan fingerprint density at radius 1 is 1.20 bits per heavy atom. The number of aliphatic imine (C=N–C) groups is 1. The summed E-state index contributed by atoms with van der Waals surface area (Å²) in [5.74, 6) is 1.69. The average Bonchev–Trinajstić information content (AvgIpc) is 2.81. The molecule has 0 amide bonds. The average molecular weight is 457 g/mol. The molecule has 0 unspecified atom stereocenters. The van der Waals surface area contributed by atoms with Gasteiger partial charge in [-0.15, -0.1) is 24.0 Å². The lowest BCUT2D eigenvalue weighted by atomic mass is 10.2. The van der Waals surface area contributed by atoms with Gasteiger partial charge in [0, 0.05) is 46.0 Å². The Morgan fingerprint density at radius 2 is 1.88 bits per heavy atom. The van der Waals surface area contributed by atoms with Crippen LogP contribution in [0.2, 0.25) is 0 Å². The highest BCUT2D eigenvalue weighted by Gasteiger charge is 2.10. The predicted octanol–water partition coefficient (Wildman–Crippen LogP) is 1.98. The van der Waals surface area contributed by atoms with Gasteiger partial charge in [-0.3, -0.25) is 9.67 Å². The Bertz CT molecular complexity index is 722. The Hall–Kier alpha value is -1.84. The van der Waals surface area contributed by atoms with Crippen molar-refractivity contribution in [3.05, 3.63) is 40.8 Å². The summed E-state index contributed by atoms with van der Waals surface area (Å²) in [6, 6.07) is 6.01. The number of nitrogens with zero attached hydrogens (tertiary/aromatic N) is 5. The largest absolute Gasteiger partial charge is 0.363 e. The number of guanidine groups is 1. The van der Waals surface area contributed by atoms with Crippen molar-refractivity contribution < 1.29 is 0 Å². The molecule has 0 aliphatic rings. The standard InChI is InChI=1S/C17H27N7.HI/c1-12-15(13(2)24(6)22-12)11-20-17(18-3)19-10-14-8-7-9-16(21-14)23(4)5;/h7-9H,10-11H2,1-6H3,(H2,18,19,20);1H. The maximum atomic E-state index is 4.60. The molecular formula is C17H28IN7. The maximum Gasteiger partial charge on any atom is 0.191 e. The lowest BCUT2D eigenvalue weighted by molar-refractivity contribution is 0.728. The molecular weight excluding hydrogens is 429 g/mol. The van der Waals surface area contributed by atoms with Crippen molar-refractivity contribution in [1.82, 2.24) is 25.4 Å². The van der Waals surface area contributed by atoms with E-state index in [1.54, 1.807) is 7.05 Å². The van der Waals surface area contributed by atoms with Crippen molar-refractivity contribution in [3.63, 3.8) is 0 Å². The van der Waals surface area contributed by atoms with Crippen LogP contribution in [0.3, 0.4) is 0 Å². The maximum absolute atomic E-state index is 4.60. The molecule has 0 radical (unpaired) electrons. The summed E-state index contributed by atoms with van der Waals surface area (Å²) in [5.41, 5.74) is 4.38. The van der Waals surface area contributed by atoms with E-state index in [0.29, 0.717) is 13.1 Å². The molecule has 2 N–H and O–H groups in total. The molecule has 0 aliphatic heterocycles. The van der Waals surface area contributed by atoms with Crippen LogP contribution >= 0.6 is 24.0 Å². The van der Waals surface area contributed by atoms with Crippen LogP contribution in [0, 0.1) is 13.8 Å². The molecule has 2 heterocycles. The van der Waals surface area contributed by atoms with E-state index in [1.165, 1.54) is 5.56 Å². The first-order chi connectivity index (χ1) is 11.4. The second-order valence-electron chi connectivity index (χ2n) is 5.93. The Kier molecular flexibility index (Phi) is 8.14. The predicted molar refractivity (Wildman–Crippen MR) is 114 cm³/mol. The van der Waals surface area contributed by atoms with E-state index < -0.39 is 0 Å². The molecule has 0 atom stereocenters. The van der Waals surface area contributed by atoms with Gasteiger partial charge in [-0.2, -0.15) is 5.10 Å². The number of hydrogen-bond acceptors (Lipinski definition) is 4. The number of halogens is 1. The number of hydrogen-bond donors (Lipinski definition) is 2. The van der Waals surface area contributed by atoms with Crippen molar-refractivity contribution >= 4 is 35.8 Å². The summed E-state index contributed by atoms with van der Waals surface area (Å²) >= 11 is 0. The smallest absolute Gasteiger partial charge is 0.191 e. The van der Waals surface area contributed by atoms with E-state index >= 15 is 0 Å². The number of pyridine rings is 1. The first-order valence-corrected chi connectivity index (χ1v) is 7.99. The number of aromatic nitrogens is 3. The highest BCUT2D eigenvalue weighted by molar-refractivity contribution is 14.0. The van der Waals surface area contributed by atoms with Crippen LogP contribution in [0.5, 0.6) is 0 Å². The molecule has 8 heteroatoms. The van der Waals surface area contributed by atoms with Crippen LogP contribution < -0.4 is 15.5 Å². The van der Waals surface area contributed by atoms with E-state index in [4.69, 9.17) is 0 Å². The fourth-order valence-electron chi connectivity index (χ4n) is 2.45. The number of rotatable bonds is 5. The molecule has 0 fully saturated rings. The number of nitrogens with one attached hydrogen (secondary N) is 2. The minimum Gasteiger partial charge on any atom is -0.363 e. The zero-order valence-corrected chi connectivity index (χ0v) is 18.1. The first-order valence-electron chi connectivity index (χ1n) is 7.99. The number of anilines is 1. The molecule has 0 aliphatic carbocycles. The zero-order valence-electron chi connectivity index (χ0n) is 15.8. The van der Waals surface area contributed by atoms with Gasteiger partial charge in [0.25, 0.3) is 0 Å². The molecule has 2 aromatic rings. The molecule has 25 heavy (non-hydrogen) atoms. The van der Waals surface area contributed by atoms with Crippen LogP contribution in [0.15, 0.2) is 23.2 Å². The van der Waals surface area contributed by atoms with Crippen molar-refractivity contribution in [2.45, 2.75) is 26.9 Å². The second-order valence-corrected chi connectivity index (χ2v) is 5.93. The zero-order chi connectivity index (χ0) is 17.7. The third-order valence-corrected chi connectivity index (χ3v) is 4.00. The highest BCUT2D eigenvalue weighted by Crippen LogP contribution is 2.11. The molecule has 0 bridgehead atoms. The Labute approximate surface area is 166 Å². The van der Waals surface area contributed by atoms with Crippen molar-refractivity contribution in [2.75, 3.05) is 26.0 Å². The van der Waals surface area contributed by atoms with Crippen LogP contribution in [-0.4, -0.2) is 41.9 Å². The summed E-state index contributed by atoms with van der Waals surface area (Å²) in [4.78, 5) is 10.9. The Balaban J connectivity index is 0.00000312. The molecule has 2 rings (SSSR count). The SMILES string of the molecule is CN=C(NCc1cccc(N(C)C)n1)NCc1c(C)nn(C)c1C.I. The molecule has 0 spiro atoms. The van der Waals surface area contributed by atoms with Gasteiger partial charge in [0.2, 0.25) is 0 Å². The second kappa shape index (κ2) is 9.59. The molecule has 0 saturated carbocycles. The minimum absolute atomic E-state index is 0. The third-order valence-electron chi connectivity index (χ3n) is 4.00. The van der Waals surface area contributed by atoms with Gasteiger partial charge in [-0.05, 0) is 26.0 Å². The van der Waals surface area contributed by atoms with Crippen molar-refractivity contribution in [3.8, 4) is 0 Å². The van der Waals surface area contributed by atoms with Crippen molar-refractivity contribution in [2.24, 2.45) is 12.0 Å². The highest BCUT2D eigenvalue weighted by atomic mass is 127. The van der Waals surface area contributed by atoms with Gasteiger partial charge >= 0.3 is 0 Å².